The first kappa shape index (κ1) is 17.5. The lowest BCUT2D eigenvalue weighted by Crippen LogP contribution is -2.34. The summed E-state index contributed by atoms with van der Waals surface area (Å²) in [5.74, 6) is 0.0704. The van der Waals surface area contributed by atoms with Crippen LogP contribution in [-0.4, -0.2) is 30.4 Å². The molecule has 138 valence electrons. The van der Waals surface area contributed by atoms with Crippen LogP contribution in [0.25, 0.3) is 11.0 Å². The van der Waals surface area contributed by atoms with E-state index in [1.165, 1.54) is 5.56 Å². The van der Waals surface area contributed by atoms with Gasteiger partial charge in [0.25, 0.3) is 5.91 Å². The Morgan fingerprint density at radius 1 is 1.11 bits per heavy atom. The first-order chi connectivity index (χ1) is 13.1. The number of carbonyl (C=O) groups is 1. The second kappa shape index (κ2) is 7.00. The van der Waals surface area contributed by atoms with Gasteiger partial charge >= 0.3 is 5.63 Å². The normalized spacial score (nSPS) is 19.6. The number of benzene rings is 2. The van der Waals surface area contributed by atoms with Crippen molar-refractivity contribution in [1.29, 1.82) is 0 Å². The first-order valence-corrected chi connectivity index (χ1v) is 9.17. The van der Waals surface area contributed by atoms with Gasteiger partial charge in [-0.15, -0.1) is 0 Å². The van der Waals surface area contributed by atoms with Gasteiger partial charge in [-0.1, -0.05) is 48.5 Å². The van der Waals surface area contributed by atoms with Gasteiger partial charge in [0, 0.05) is 24.4 Å². The van der Waals surface area contributed by atoms with Crippen LogP contribution in [0.4, 0.5) is 0 Å². The van der Waals surface area contributed by atoms with Gasteiger partial charge in [-0.05, 0) is 36.6 Å². The summed E-state index contributed by atoms with van der Waals surface area (Å²) in [6.45, 7) is 3.39. The van der Waals surface area contributed by atoms with Gasteiger partial charge in [-0.2, -0.15) is 0 Å². The smallest absolute Gasteiger partial charge is 0.349 e. The summed E-state index contributed by atoms with van der Waals surface area (Å²) >= 11 is 0. The standard InChI is InChI=1S/C22H22N2O3/c1-14-17-9-5-6-10-19(17)27-22(26)20(14)21(25)24-12-16(11-23)18(13-24)15-7-3-2-4-8-15/h2-10,16,18H,11-13,23H2,1H3/t16-,18+/m1/s1. The zero-order valence-electron chi connectivity index (χ0n) is 15.2. The maximum absolute atomic E-state index is 13.2. The Morgan fingerprint density at radius 3 is 2.56 bits per heavy atom. The molecule has 1 aliphatic rings. The topological polar surface area (TPSA) is 76.5 Å². The number of nitrogens with zero attached hydrogens (tertiary/aromatic N) is 1. The SMILES string of the molecule is Cc1c(C(=O)N2C[C@@H](CN)[C@H](c3ccccc3)C2)c(=O)oc2ccccc12. The van der Waals surface area contributed by atoms with Crippen LogP contribution in [0.15, 0.2) is 63.8 Å². The van der Waals surface area contributed by atoms with Crippen molar-refractivity contribution in [2.75, 3.05) is 19.6 Å². The van der Waals surface area contributed by atoms with E-state index in [0.29, 0.717) is 30.8 Å². The molecule has 0 spiro atoms. The zero-order valence-corrected chi connectivity index (χ0v) is 15.2. The molecule has 0 bridgehead atoms. The highest BCUT2D eigenvalue weighted by Gasteiger charge is 2.37. The molecule has 0 radical (unpaired) electrons. The summed E-state index contributed by atoms with van der Waals surface area (Å²) in [5.41, 5.74) is 7.86. The molecular weight excluding hydrogens is 340 g/mol. The second-order valence-corrected chi connectivity index (χ2v) is 7.11. The van der Waals surface area contributed by atoms with Gasteiger partial charge in [0.1, 0.15) is 11.1 Å². The number of hydrogen-bond acceptors (Lipinski definition) is 4. The van der Waals surface area contributed by atoms with Crippen molar-refractivity contribution in [1.82, 2.24) is 4.90 Å². The highest BCUT2D eigenvalue weighted by Crippen LogP contribution is 2.33. The molecule has 4 rings (SSSR count). The quantitative estimate of drug-likeness (QED) is 0.727. The van der Waals surface area contributed by atoms with Crippen molar-refractivity contribution < 1.29 is 9.21 Å². The van der Waals surface area contributed by atoms with Crippen LogP contribution in [0.2, 0.25) is 0 Å². The van der Waals surface area contributed by atoms with Gasteiger partial charge in [0.2, 0.25) is 0 Å². The Balaban J connectivity index is 1.70. The van der Waals surface area contributed by atoms with Crippen molar-refractivity contribution in [3.63, 3.8) is 0 Å². The lowest BCUT2D eigenvalue weighted by atomic mass is 9.89. The molecule has 0 unspecified atom stereocenters. The van der Waals surface area contributed by atoms with Gasteiger partial charge in [-0.3, -0.25) is 4.79 Å². The molecule has 2 heterocycles. The Bertz CT molecular complexity index is 1040. The lowest BCUT2D eigenvalue weighted by molar-refractivity contribution is 0.0781. The third kappa shape index (κ3) is 3.04. The van der Waals surface area contributed by atoms with Gasteiger partial charge < -0.3 is 15.1 Å². The highest BCUT2D eigenvalue weighted by molar-refractivity contribution is 5.99. The van der Waals surface area contributed by atoms with Crippen LogP contribution in [0.1, 0.15) is 27.4 Å². The van der Waals surface area contributed by atoms with Crippen molar-refractivity contribution in [2.24, 2.45) is 11.7 Å². The minimum Gasteiger partial charge on any atom is -0.422 e. The third-order valence-corrected chi connectivity index (χ3v) is 5.55. The summed E-state index contributed by atoms with van der Waals surface area (Å²) in [4.78, 5) is 27.5. The molecular formula is C22H22N2O3. The van der Waals surface area contributed by atoms with E-state index in [1.54, 1.807) is 17.9 Å². The van der Waals surface area contributed by atoms with E-state index in [4.69, 9.17) is 10.2 Å². The number of fused-ring (bicyclic) bond motifs is 1. The number of carbonyl (C=O) groups excluding carboxylic acids is 1. The lowest BCUT2D eigenvalue weighted by Gasteiger charge is -2.17. The van der Waals surface area contributed by atoms with Crippen molar-refractivity contribution in [2.45, 2.75) is 12.8 Å². The monoisotopic (exact) mass is 362 g/mol. The van der Waals surface area contributed by atoms with Crippen LogP contribution < -0.4 is 11.4 Å². The average molecular weight is 362 g/mol. The summed E-state index contributed by atoms with van der Waals surface area (Å²) in [6, 6.07) is 17.4. The van der Waals surface area contributed by atoms with Crippen LogP contribution >= 0.6 is 0 Å². The predicted octanol–water partition coefficient (Wildman–Crippen LogP) is 2.92. The molecule has 1 aromatic heterocycles. The molecule has 1 amide bonds. The number of likely N-dealkylation sites (tertiary alicyclic amines) is 1. The molecule has 2 N–H and O–H groups in total. The van der Waals surface area contributed by atoms with E-state index in [9.17, 15) is 9.59 Å². The largest absolute Gasteiger partial charge is 0.422 e. The number of para-hydroxylation sites is 1. The first-order valence-electron chi connectivity index (χ1n) is 9.17. The summed E-state index contributed by atoms with van der Waals surface area (Å²) in [7, 11) is 0. The van der Waals surface area contributed by atoms with Crippen molar-refractivity contribution in [3.8, 4) is 0 Å². The number of nitrogens with two attached hydrogens (primary N) is 1. The molecule has 0 aliphatic carbocycles. The summed E-state index contributed by atoms with van der Waals surface area (Å²) < 4.78 is 5.39. The molecule has 1 aliphatic heterocycles. The minimum absolute atomic E-state index is 0.123. The molecule has 1 fully saturated rings. The predicted molar refractivity (Wildman–Crippen MR) is 105 cm³/mol. The van der Waals surface area contributed by atoms with Gasteiger partial charge in [0.05, 0.1) is 0 Å². The van der Waals surface area contributed by atoms with Crippen molar-refractivity contribution >= 4 is 16.9 Å². The zero-order chi connectivity index (χ0) is 19.0. The Morgan fingerprint density at radius 2 is 1.81 bits per heavy atom. The van der Waals surface area contributed by atoms with E-state index >= 15 is 0 Å². The maximum Gasteiger partial charge on any atom is 0.349 e. The molecule has 2 aromatic carbocycles. The number of amides is 1. The van der Waals surface area contributed by atoms with E-state index in [-0.39, 0.29) is 23.3 Å². The number of hydrogen-bond donors (Lipinski definition) is 1. The molecule has 3 aromatic rings. The Kier molecular flexibility index (Phi) is 4.54. The molecule has 5 heteroatoms. The Labute approximate surface area is 157 Å². The fourth-order valence-electron chi connectivity index (χ4n) is 4.06. The van der Waals surface area contributed by atoms with E-state index < -0.39 is 5.63 Å². The fraction of sp³-hybridized carbons (Fsp3) is 0.273. The minimum atomic E-state index is -0.580. The fourth-order valence-corrected chi connectivity index (χ4v) is 4.06. The summed E-state index contributed by atoms with van der Waals surface area (Å²) in [5, 5.41) is 0.787. The average Bonchev–Trinajstić information content (AvgIpc) is 3.13. The number of aryl methyl sites for hydroxylation is 1. The molecule has 5 nitrogen and oxygen atoms in total. The van der Waals surface area contributed by atoms with E-state index in [1.807, 2.05) is 36.4 Å². The van der Waals surface area contributed by atoms with Crippen LogP contribution in [0, 0.1) is 12.8 Å². The van der Waals surface area contributed by atoms with Crippen LogP contribution in [0.3, 0.4) is 0 Å². The van der Waals surface area contributed by atoms with Gasteiger partial charge in [0.15, 0.2) is 0 Å². The Hall–Kier alpha value is -2.92. The van der Waals surface area contributed by atoms with E-state index in [2.05, 4.69) is 12.1 Å². The maximum atomic E-state index is 13.2. The second-order valence-electron chi connectivity index (χ2n) is 7.11. The van der Waals surface area contributed by atoms with Crippen LogP contribution in [-0.2, 0) is 0 Å². The molecule has 27 heavy (non-hydrogen) atoms. The van der Waals surface area contributed by atoms with E-state index in [0.717, 1.165) is 5.39 Å². The number of rotatable bonds is 3. The molecule has 1 saturated heterocycles. The third-order valence-electron chi connectivity index (χ3n) is 5.55. The molecule has 0 saturated carbocycles. The summed E-state index contributed by atoms with van der Waals surface area (Å²) in [6.07, 6.45) is 0. The highest BCUT2D eigenvalue weighted by atomic mass is 16.4. The van der Waals surface area contributed by atoms with Gasteiger partial charge in [-0.25, -0.2) is 4.79 Å². The molecule has 2 atom stereocenters. The van der Waals surface area contributed by atoms with Crippen molar-refractivity contribution in [3.05, 3.63) is 81.7 Å². The van der Waals surface area contributed by atoms with Crippen LogP contribution in [0.5, 0.6) is 0 Å².